The maximum absolute atomic E-state index is 11.2. The first-order chi connectivity index (χ1) is 7.70. The molecule has 2 atom stereocenters. The maximum atomic E-state index is 11.2. The van der Waals surface area contributed by atoms with E-state index in [4.69, 9.17) is 4.74 Å². The van der Waals surface area contributed by atoms with Crippen LogP contribution < -0.4 is 0 Å². The van der Waals surface area contributed by atoms with E-state index in [2.05, 4.69) is 11.8 Å². The molecule has 2 unspecified atom stereocenters. The average Bonchev–Trinajstić information content (AvgIpc) is 2.27. The molecule has 1 N–H and O–H groups in total. The summed E-state index contributed by atoms with van der Waals surface area (Å²) in [6, 6.07) is -0.0446. The van der Waals surface area contributed by atoms with Crippen LogP contribution in [0.4, 0.5) is 0 Å². The van der Waals surface area contributed by atoms with Gasteiger partial charge in [0.1, 0.15) is 6.04 Å². The lowest BCUT2D eigenvalue weighted by Gasteiger charge is -2.39. The summed E-state index contributed by atoms with van der Waals surface area (Å²) >= 11 is 0. The van der Waals surface area contributed by atoms with Gasteiger partial charge in [0.15, 0.2) is 0 Å². The molecule has 4 nitrogen and oxygen atoms in total. The van der Waals surface area contributed by atoms with Gasteiger partial charge in [-0.05, 0) is 25.8 Å². The molecule has 1 rings (SSSR count). The van der Waals surface area contributed by atoms with Crippen molar-refractivity contribution in [1.29, 1.82) is 0 Å². The molecule has 0 aliphatic carbocycles. The first-order valence-corrected chi connectivity index (χ1v) is 6.18. The fourth-order valence-corrected chi connectivity index (χ4v) is 2.54. The lowest BCUT2D eigenvalue weighted by atomic mass is 9.96. The molecule has 1 aliphatic rings. The van der Waals surface area contributed by atoms with E-state index in [0.29, 0.717) is 6.04 Å². The van der Waals surface area contributed by atoms with Crippen LogP contribution in [0.2, 0.25) is 0 Å². The zero-order chi connectivity index (χ0) is 12.0. The van der Waals surface area contributed by atoms with E-state index >= 15 is 0 Å². The van der Waals surface area contributed by atoms with E-state index < -0.39 is 12.0 Å². The highest BCUT2D eigenvalue weighted by atomic mass is 16.5. The van der Waals surface area contributed by atoms with Gasteiger partial charge in [0.2, 0.25) is 0 Å². The predicted molar refractivity (Wildman–Crippen MR) is 62.6 cm³/mol. The third-order valence-corrected chi connectivity index (χ3v) is 3.30. The van der Waals surface area contributed by atoms with Crippen LogP contribution in [0.3, 0.4) is 0 Å². The molecule has 4 heteroatoms. The number of hydrogen-bond donors (Lipinski definition) is 1. The van der Waals surface area contributed by atoms with Crippen LogP contribution in [0.15, 0.2) is 0 Å². The van der Waals surface area contributed by atoms with E-state index in [9.17, 15) is 9.90 Å². The van der Waals surface area contributed by atoms with Gasteiger partial charge in [-0.3, -0.25) is 9.69 Å². The zero-order valence-corrected chi connectivity index (χ0v) is 10.3. The van der Waals surface area contributed by atoms with E-state index in [-0.39, 0.29) is 6.61 Å². The Morgan fingerprint density at radius 1 is 1.56 bits per heavy atom. The highest BCUT2D eigenvalue weighted by Gasteiger charge is 2.32. The highest BCUT2D eigenvalue weighted by molar-refractivity contribution is 5.73. The molecule has 1 saturated heterocycles. The van der Waals surface area contributed by atoms with Crippen molar-refractivity contribution in [2.75, 3.05) is 20.3 Å². The molecule has 0 radical (unpaired) electrons. The summed E-state index contributed by atoms with van der Waals surface area (Å²) in [5, 5.41) is 9.22. The van der Waals surface area contributed by atoms with E-state index in [1.807, 2.05) is 0 Å². The topological polar surface area (TPSA) is 49.8 Å². The lowest BCUT2D eigenvalue weighted by molar-refractivity contribution is -0.147. The minimum atomic E-state index is -0.759. The molecule has 0 aromatic heterocycles. The number of carboxylic acids is 1. The van der Waals surface area contributed by atoms with Crippen LogP contribution >= 0.6 is 0 Å². The quantitative estimate of drug-likeness (QED) is 0.753. The number of carbonyl (C=O) groups is 1. The second-order valence-corrected chi connectivity index (χ2v) is 4.49. The molecule has 0 aromatic carbocycles. The number of likely N-dealkylation sites (tertiary alicyclic amines) is 1. The maximum Gasteiger partial charge on any atom is 0.323 e. The van der Waals surface area contributed by atoms with Crippen LogP contribution in [-0.2, 0) is 9.53 Å². The van der Waals surface area contributed by atoms with Crippen LogP contribution in [0.5, 0.6) is 0 Å². The Hall–Kier alpha value is -0.610. The van der Waals surface area contributed by atoms with Gasteiger partial charge in [-0.1, -0.05) is 19.8 Å². The van der Waals surface area contributed by atoms with Crippen molar-refractivity contribution in [1.82, 2.24) is 4.90 Å². The summed E-state index contributed by atoms with van der Waals surface area (Å²) in [7, 11) is 1.56. The highest BCUT2D eigenvalue weighted by Crippen LogP contribution is 2.23. The van der Waals surface area contributed by atoms with Gasteiger partial charge in [0.25, 0.3) is 0 Å². The molecule has 1 fully saturated rings. The van der Waals surface area contributed by atoms with Crippen molar-refractivity contribution in [3.05, 3.63) is 0 Å². The Morgan fingerprint density at radius 2 is 2.31 bits per heavy atom. The summed E-state index contributed by atoms with van der Waals surface area (Å²) in [6.45, 7) is 3.33. The monoisotopic (exact) mass is 229 g/mol. The van der Waals surface area contributed by atoms with E-state index in [1.54, 1.807) is 7.11 Å². The molecule has 0 aromatic rings. The number of hydrogen-bond acceptors (Lipinski definition) is 3. The minimum absolute atomic E-state index is 0.287. The van der Waals surface area contributed by atoms with E-state index in [1.165, 1.54) is 6.42 Å². The van der Waals surface area contributed by atoms with Crippen LogP contribution in [0, 0.1) is 0 Å². The summed E-state index contributed by atoms with van der Waals surface area (Å²) in [5.41, 5.74) is 0. The summed E-state index contributed by atoms with van der Waals surface area (Å²) in [6.07, 6.45) is 5.66. The molecular formula is C12H23NO3. The number of ether oxygens (including phenoxy) is 1. The number of aliphatic carboxylic acids is 1. The van der Waals surface area contributed by atoms with Crippen molar-refractivity contribution in [3.8, 4) is 0 Å². The van der Waals surface area contributed by atoms with Crippen molar-refractivity contribution in [2.24, 2.45) is 0 Å². The second kappa shape index (κ2) is 6.86. The van der Waals surface area contributed by atoms with Crippen molar-refractivity contribution in [3.63, 3.8) is 0 Å². The Balaban J connectivity index is 2.66. The number of methoxy groups -OCH3 is 1. The van der Waals surface area contributed by atoms with Crippen LogP contribution in [-0.4, -0.2) is 48.3 Å². The van der Waals surface area contributed by atoms with Crippen LogP contribution in [0.1, 0.15) is 39.0 Å². The molecule has 94 valence electrons. The average molecular weight is 229 g/mol. The van der Waals surface area contributed by atoms with Crippen LogP contribution in [0.25, 0.3) is 0 Å². The minimum Gasteiger partial charge on any atom is -0.480 e. The fourth-order valence-electron chi connectivity index (χ4n) is 2.54. The summed E-state index contributed by atoms with van der Waals surface area (Å²) in [4.78, 5) is 13.3. The molecular weight excluding hydrogens is 206 g/mol. The number of nitrogens with zero attached hydrogens (tertiary/aromatic N) is 1. The first-order valence-electron chi connectivity index (χ1n) is 6.18. The number of carboxylic acid groups (broad SMARTS) is 1. The molecule has 0 spiro atoms. The molecule has 1 aliphatic heterocycles. The SMILES string of the molecule is CCCC1CCCCN1C(COC)C(=O)O. The molecule has 1 heterocycles. The standard InChI is InChI=1S/C12H23NO3/c1-3-6-10-7-4-5-8-13(10)11(9-16-2)12(14)15/h10-11H,3-9H2,1-2H3,(H,14,15). The Morgan fingerprint density at radius 3 is 2.88 bits per heavy atom. The largest absolute Gasteiger partial charge is 0.480 e. The van der Waals surface area contributed by atoms with Gasteiger partial charge in [-0.2, -0.15) is 0 Å². The number of piperidine rings is 1. The Labute approximate surface area is 97.6 Å². The van der Waals surface area contributed by atoms with Gasteiger partial charge in [0.05, 0.1) is 6.61 Å². The fraction of sp³-hybridized carbons (Fsp3) is 0.917. The molecule has 0 amide bonds. The third-order valence-electron chi connectivity index (χ3n) is 3.30. The van der Waals surface area contributed by atoms with Gasteiger partial charge >= 0.3 is 5.97 Å². The molecule has 0 saturated carbocycles. The third kappa shape index (κ3) is 3.46. The number of rotatable bonds is 6. The smallest absolute Gasteiger partial charge is 0.323 e. The summed E-state index contributed by atoms with van der Waals surface area (Å²) in [5.74, 6) is -0.759. The van der Waals surface area contributed by atoms with Gasteiger partial charge in [-0.25, -0.2) is 0 Å². The molecule has 0 bridgehead atoms. The lowest BCUT2D eigenvalue weighted by Crippen LogP contribution is -2.51. The Bertz CT molecular complexity index is 218. The van der Waals surface area contributed by atoms with Gasteiger partial charge < -0.3 is 9.84 Å². The van der Waals surface area contributed by atoms with Gasteiger partial charge in [0, 0.05) is 13.2 Å². The van der Waals surface area contributed by atoms with Crippen molar-refractivity contribution in [2.45, 2.75) is 51.1 Å². The van der Waals surface area contributed by atoms with Crippen molar-refractivity contribution < 1.29 is 14.6 Å². The Kier molecular flexibility index (Phi) is 5.77. The van der Waals surface area contributed by atoms with Gasteiger partial charge in [-0.15, -0.1) is 0 Å². The summed E-state index contributed by atoms with van der Waals surface area (Å²) < 4.78 is 5.02. The second-order valence-electron chi connectivity index (χ2n) is 4.49. The zero-order valence-electron chi connectivity index (χ0n) is 10.3. The predicted octanol–water partition coefficient (Wildman–Crippen LogP) is 1.74. The van der Waals surface area contributed by atoms with Crippen molar-refractivity contribution >= 4 is 5.97 Å². The normalized spacial score (nSPS) is 24.2. The first kappa shape index (κ1) is 13.5. The van der Waals surface area contributed by atoms with E-state index in [0.717, 1.165) is 32.2 Å². The molecule has 16 heavy (non-hydrogen) atoms.